The van der Waals surface area contributed by atoms with Crippen LogP contribution in [0.1, 0.15) is 32.9 Å². The van der Waals surface area contributed by atoms with E-state index in [1.807, 2.05) is 12.1 Å². The SMILES string of the molecule is NC(=O)c1cccc(Cc2noc(-c3ccc4c(c3)Cc3ccccc3-4)n2)c1. The molecule has 0 spiro atoms. The highest BCUT2D eigenvalue weighted by atomic mass is 16.5. The third-order valence-electron chi connectivity index (χ3n) is 5.08. The van der Waals surface area contributed by atoms with E-state index >= 15 is 0 Å². The molecule has 0 radical (unpaired) electrons. The summed E-state index contributed by atoms with van der Waals surface area (Å²) in [5, 5.41) is 4.09. The van der Waals surface area contributed by atoms with E-state index in [1.165, 1.54) is 22.3 Å². The Labute approximate surface area is 161 Å². The molecule has 5 heteroatoms. The van der Waals surface area contributed by atoms with E-state index in [-0.39, 0.29) is 0 Å². The second-order valence-corrected chi connectivity index (χ2v) is 6.96. The van der Waals surface area contributed by atoms with E-state index in [0.29, 0.717) is 23.7 Å². The van der Waals surface area contributed by atoms with E-state index in [0.717, 1.165) is 17.5 Å². The molecule has 1 amide bonds. The van der Waals surface area contributed by atoms with Crippen LogP contribution in [0.4, 0.5) is 0 Å². The van der Waals surface area contributed by atoms with Gasteiger partial charge in [-0.05, 0) is 58.5 Å². The molecular weight excluding hydrogens is 350 g/mol. The van der Waals surface area contributed by atoms with Crippen LogP contribution in [-0.4, -0.2) is 16.0 Å². The molecular formula is C23H17N3O2. The molecule has 1 aliphatic rings. The maximum Gasteiger partial charge on any atom is 0.257 e. The number of hydrogen-bond donors (Lipinski definition) is 1. The summed E-state index contributed by atoms with van der Waals surface area (Å²) >= 11 is 0. The van der Waals surface area contributed by atoms with Gasteiger partial charge in [0.2, 0.25) is 5.91 Å². The smallest absolute Gasteiger partial charge is 0.257 e. The second kappa shape index (κ2) is 6.46. The summed E-state index contributed by atoms with van der Waals surface area (Å²) in [6.45, 7) is 0. The number of aromatic nitrogens is 2. The van der Waals surface area contributed by atoms with Crippen LogP contribution in [0.2, 0.25) is 0 Å². The predicted molar refractivity (Wildman–Crippen MR) is 106 cm³/mol. The number of benzene rings is 3. The van der Waals surface area contributed by atoms with Gasteiger partial charge in [0.05, 0.1) is 0 Å². The van der Waals surface area contributed by atoms with Crippen LogP contribution in [0.15, 0.2) is 71.3 Å². The molecule has 136 valence electrons. The van der Waals surface area contributed by atoms with Crippen LogP contribution >= 0.6 is 0 Å². The second-order valence-electron chi connectivity index (χ2n) is 6.96. The van der Waals surface area contributed by atoms with Gasteiger partial charge in [-0.2, -0.15) is 4.98 Å². The normalized spacial score (nSPS) is 11.9. The first-order valence-electron chi connectivity index (χ1n) is 9.10. The van der Waals surface area contributed by atoms with Gasteiger partial charge in [0.1, 0.15) is 0 Å². The van der Waals surface area contributed by atoms with Gasteiger partial charge < -0.3 is 10.3 Å². The van der Waals surface area contributed by atoms with Gasteiger partial charge in [-0.25, -0.2) is 0 Å². The molecule has 1 aliphatic carbocycles. The van der Waals surface area contributed by atoms with Gasteiger partial charge in [0.15, 0.2) is 5.82 Å². The topological polar surface area (TPSA) is 82.0 Å². The van der Waals surface area contributed by atoms with Crippen LogP contribution in [0.3, 0.4) is 0 Å². The first-order chi connectivity index (χ1) is 13.7. The number of rotatable bonds is 4. The largest absolute Gasteiger partial charge is 0.366 e. The summed E-state index contributed by atoms with van der Waals surface area (Å²) in [6.07, 6.45) is 1.39. The quantitative estimate of drug-likeness (QED) is 0.520. The lowest BCUT2D eigenvalue weighted by molar-refractivity contribution is 0.1000. The summed E-state index contributed by atoms with van der Waals surface area (Å²) in [7, 11) is 0. The van der Waals surface area contributed by atoms with E-state index < -0.39 is 5.91 Å². The fourth-order valence-corrected chi connectivity index (χ4v) is 3.74. The molecule has 0 aliphatic heterocycles. The lowest BCUT2D eigenvalue weighted by Crippen LogP contribution is -2.11. The van der Waals surface area contributed by atoms with Crippen molar-refractivity contribution in [3.05, 3.63) is 94.8 Å². The molecule has 3 aromatic carbocycles. The first-order valence-corrected chi connectivity index (χ1v) is 9.10. The molecule has 1 heterocycles. The number of primary amides is 1. The van der Waals surface area contributed by atoms with Crippen LogP contribution in [0.5, 0.6) is 0 Å². The van der Waals surface area contributed by atoms with Crippen molar-refractivity contribution in [3.8, 4) is 22.6 Å². The molecule has 1 aromatic heterocycles. The Hall–Kier alpha value is -3.73. The lowest BCUT2D eigenvalue weighted by Gasteiger charge is -2.02. The zero-order valence-electron chi connectivity index (χ0n) is 15.1. The third-order valence-corrected chi connectivity index (χ3v) is 5.08. The molecule has 4 aromatic rings. The Morgan fingerprint density at radius 2 is 1.82 bits per heavy atom. The molecule has 5 rings (SSSR count). The lowest BCUT2D eigenvalue weighted by atomic mass is 10.0. The van der Waals surface area contributed by atoms with Gasteiger partial charge in [-0.3, -0.25) is 4.79 Å². The van der Waals surface area contributed by atoms with Crippen LogP contribution < -0.4 is 5.73 Å². The number of carbonyl (C=O) groups excluding carboxylic acids is 1. The number of carbonyl (C=O) groups is 1. The number of nitrogens with zero attached hydrogens (tertiary/aromatic N) is 2. The summed E-state index contributed by atoms with van der Waals surface area (Å²) < 4.78 is 5.48. The molecule has 0 saturated heterocycles. The summed E-state index contributed by atoms with van der Waals surface area (Å²) in [4.78, 5) is 15.9. The Bertz CT molecular complexity index is 1210. The summed E-state index contributed by atoms with van der Waals surface area (Å²) in [6, 6.07) is 21.9. The van der Waals surface area contributed by atoms with E-state index in [9.17, 15) is 4.79 Å². The molecule has 5 nitrogen and oxygen atoms in total. The molecule has 0 fully saturated rings. The minimum absolute atomic E-state index is 0.449. The average molecular weight is 367 g/mol. The highest BCUT2D eigenvalue weighted by Crippen LogP contribution is 2.38. The highest BCUT2D eigenvalue weighted by molar-refractivity contribution is 5.92. The predicted octanol–water partition coefficient (Wildman–Crippen LogP) is 4.00. The molecule has 2 N–H and O–H groups in total. The Balaban J connectivity index is 1.41. The maximum atomic E-state index is 11.3. The standard InChI is InChI=1S/C23H17N3O2/c24-22(27)16-6-3-4-14(10-16)11-21-25-23(28-26-21)17-8-9-20-18(13-17)12-15-5-1-2-7-19(15)20/h1-10,13H,11-12H2,(H2,24,27). The van der Waals surface area contributed by atoms with E-state index in [1.54, 1.807) is 18.2 Å². The number of amides is 1. The number of hydrogen-bond acceptors (Lipinski definition) is 4. The van der Waals surface area contributed by atoms with Gasteiger partial charge in [-0.1, -0.05) is 47.6 Å². The Morgan fingerprint density at radius 3 is 2.71 bits per heavy atom. The van der Waals surface area contributed by atoms with E-state index in [2.05, 4.69) is 46.5 Å². The summed E-state index contributed by atoms with van der Waals surface area (Å²) in [5.74, 6) is 0.620. The van der Waals surface area contributed by atoms with Crippen molar-refractivity contribution in [3.63, 3.8) is 0 Å². The van der Waals surface area contributed by atoms with Crippen LogP contribution in [0, 0.1) is 0 Å². The fraction of sp³-hybridized carbons (Fsp3) is 0.0870. The van der Waals surface area contributed by atoms with Crippen molar-refractivity contribution in [2.75, 3.05) is 0 Å². The molecule has 0 saturated carbocycles. The van der Waals surface area contributed by atoms with Crippen molar-refractivity contribution in [2.45, 2.75) is 12.8 Å². The molecule has 0 unspecified atom stereocenters. The minimum atomic E-state index is -0.449. The number of nitrogens with two attached hydrogens (primary N) is 1. The fourth-order valence-electron chi connectivity index (χ4n) is 3.74. The minimum Gasteiger partial charge on any atom is -0.366 e. The first kappa shape index (κ1) is 16.4. The monoisotopic (exact) mass is 367 g/mol. The van der Waals surface area contributed by atoms with Crippen molar-refractivity contribution in [1.29, 1.82) is 0 Å². The van der Waals surface area contributed by atoms with Crippen molar-refractivity contribution in [1.82, 2.24) is 10.1 Å². The van der Waals surface area contributed by atoms with Crippen molar-refractivity contribution < 1.29 is 9.32 Å². The zero-order chi connectivity index (χ0) is 19.1. The highest BCUT2D eigenvalue weighted by Gasteiger charge is 2.19. The van der Waals surface area contributed by atoms with Crippen molar-refractivity contribution in [2.24, 2.45) is 5.73 Å². The molecule has 28 heavy (non-hydrogen) atoms. The summed E-state index contributed by atoms with van der Waals surface area (Å²) in [5.41, 5.74) is 12.8. The van der Waals surface area contributed by atoms with Gasteiger partial charge >= 0.3 is 0 Å². The Morgan fingerprint density at radius 1 is 0.964 bits per heavy atom. The molecule has 0 bridgehead atoms. The zero-order valence-corrected chi connectivity index (χ0v) is 15.1. The molecule has 0 atom stereocenters. The average Bonchev–Trinajstić information content (AvgIpc) is 3.32. The maximum absolute atomic E-state index is 11.3. The van der Waals surface area contributed by atoms with Crippen LogP contribution in [0.25, 0.3) is 22.6 Å². The van der Waals surface area contributed by atoms with Gasteiger partial charge in [-0.15, -0.1) is 0 Å². The third kappa shape index (κ3) is 2.87. The number of fused-ring (bicyclic) bond motifs is 3. The van der Waals surface area contributed by atoms with Gasteiger partial charge in [0.25, 0.3) is 5.89 Å². The Kier molecular flexibility index (Phi) is 3.79. The van der Waals surface area contributed by atoms with Crippen LogP contribution in [-0.2, 0) is 12.8 Å². The van der Waals surface area contributed by atoms with E-state index in [4.69, 9.17) is 10.3 Å². The van der Waals surface area contributed by atoms with Crippen molar-refractivity contribution >= 4 is 5.91 Å². The van der Waals surface area contributed by atoms with Gasteiger partial charge in [0, 0.05) is 17.5 Å².